The van der Waals surface area contributed by atoms with Crippen LogP contribution < -0.4 is 15.4 Å². The van der Waals surface area contributed by atoms with E-state index in [1.54, 1.807) is 24.3 Å². The summed E-state index contributed by atoms with van der Waals surface area (Å²) >= 11 is 0. The second kappa shape index (κ2) is 13.0. The maximum atomic E-state index is 14.3. The number of hydrogen-bond donors (Lipinski definition) is 3. The van der Waals surface area contributed by atoms with Gasteiger partial charge < -0.3 is 20.5 Å². The highest BCUT2D eigenvalue weighted by Crippen LogP contribution is 2.32. The summed E-state index contributed by atoms with van der Waals surface area (Å²) in [4.78, 5) is 22.7. The van der Waals surface area contributed by atoms with Gasteiger partial charge in [0.15, 0.2) is 0 Å². The first-order valence-corrected chi connectivity index (χ1v) is 12.2. The zero-order valence-electron chi connectivity index (χ0n) is 21.3. The van der Waals surface area contributed by atoms with Gasteiger partial charge in [0.05, 0.1) is 23.7 Å². The van der Waals surface area contributed by atoms with Crippen molar-refractivity contribution in [1.82, 2.24) is 15.5 Å². The first kappa shape index (κ1) is 29.3. The summed E-state index contributed by atoms with van der Waals surface area (Å²) < 4.78 is 58.4. The van der Waals surface area contributed by atoms with Gasteiger partial charge in [0.25, 0.3) is 5.91 Å². The van der Waals surface area contributed by atoms with Crippen molar-refractivity contribution in [2.75, 3.05) is 18.5 Å². The Balaban J connectivity index is 1.61. The number of alkyl halides is 3. The number of hydrogen-bond acceptors (Lipinski definition) is 6. The van der Waals surface area contributed by atoms with E-state index in [4.69, 9.17) is 9.84 Å². The molecule has 0 aliphatic heterocycles. The fraction of sp³-hybridized carbons (Fsp3) is 0.333. The standard InChI is InChI=1S/C27H28F4N4O4/c1-3-16(2)23(33-19-7-4-17(5-8-19)26(38)32-13-12-25(36)37)15-39-24-11-10-22(34-35-24)20-9-6-18(14-21(20)28)27(29,30)31/h4-11,14,16,23,33H,3,12-13,15H2,1-2H3,(H,32,38)(H,36,37)/t16-,23+/m0/s1. The smallest absolute Gasteiger partial charge is 0.416 e. The number of carboxylic acid groups (broad SMARTS) is 1. The third kappa shape index (κ3) is 8.39. The van der Waals surface area contributed by atoms with Gasteiger partial charge in [-0.25, -0.2) is 4.39 Å². The van der Waals surface area contributed by atoms with Crippen molar-refractivity contribution < 1.29 is 37.0 Å². The second-order valence-electron chi connectivity index (χ2n) is 8.87. The fourth-order valence-electron chi connectivity index (χ4n) is 3.56. The summed E-state index contributed by atoms with van der Waals surface area (Å²) in [5.74, 6) is -2.09. The number of carbonyl (C=O) groups excluding carboxylic acids is 1. The minimum Gasteiger partial charge on any atom is -0.481 e. The quantitative estimate of drug-likeness (QED) is 0.259. The van der Waals surface area contributed by atoms with Gasteiger partial charge in [-0.2, -0.15) is 13.2 Å². The zero-order chi connectivity index (χ0) is 28.6. The van der Waals surface area contributed by atoms with E-state index in [0.29, 0.717) is 11.6 Å². The van der Waals surface area contributed by atoms with Crippen LogP contribution in [0.25, 0.3) is 11.3 Å². The van der Waals surface area contributed by atoms with E-state index in [1.165, 1.54) is 12.1 Å². The van der Waals surface area contributed by atoms with Crippen molar-refractivity contribution in [3.05, 3.63) is 71.5 Å². The zero-order valence-corrected chi connectivity index (χ0v) is 21.3. The number of aliphatic carboxylic acids is 1. The van der Waals surface area contributed by atoms with Crippen LogP contribution >= 0.6 is 0 Å². The van der Waals surface area contributed by atoms with E-state index >= 15 is 0 Å². The van der Waals surface area contributed by atoms with Crippen LogP contribution in [-0.4, -0.2) is 46.4 Å². The Kier molecular flexibility index (Phi) is 9.80. The lowest BCUT2D eigenvalue weighted by atomic mass is 9.99. The van der Waals surface area contributed by atoms with Crippen molar-refractivity contribution in [3.8, 4) is 17.1 Å². The Morgan fingerprint density at radius 2 is 1.77 bits per heavy atom. The predicted molar refractivity (Wildman–Crippen MR) is 136 cm³/mol. The summed E-state index contributed by atoms with van der Waals surface area (Å²) in [6.07, 6.45) is -3.98. The summed E-state index contributed by atoms with van der Waals surface area (Å²) in [7, 11) is 0. The third-order valence-electron chi connectivity index (χ3n) is 6.08. The largest absolute Gasteiger partial charge is 0.481 e. The van der Waals surface area contributed by atoms with Crippen molar-refractivity contribution >= 4 is 17.6 Å². The topological polar surface area (TPSA) is 113 Å². The Labute approximate surface area is 222 Å². The van der Waals surface area contributed by atoms with Crippen molar-refractivity contribution in [3.63, 3.8) is 0 Å². The molecule has 2 atom stereocenters. The van der Waals surface area contributed by atoms with Crippen LogP contribution in [0.2, 0.25) is 0 Å². The van der Waals surface area contributed by atoms with Crippen molar-refractivity contribution in [2.24, 2.45) is 5.92 Å². The molecule has 0 aliphatic carbocycles. The number of anilines is 1. The highest BCUT2D eigenvalue weighted by Gasteiger charge is 2.31. The Bertz CT molecular complexity index is 1270. The summed E-state index contributed by atoms with van der Waals surface area (Å²) in [6, 6.07) is 11.6. The van der Waals surface area contributed by atoms with Gasteiger partial charge in [0, 0.05) is 29.4 Å². The maximum Gasteiger partial charge on any atom is 0.416 e. The number of rotatable bonds is 12. The molecule has 0 unspecified atom stereocenters. The minimum absolute atomic E-state index is 0.0325. The first-order chi connectivity index (χ1) is 18.5. The first-order valence-electron chi connectivity index (χ1n) is 12.2. The van der Waals surface area contributed by atoms with E-state index in [0.717, 1.165) is 24.2 Å². The van der Waals surface area contributed by atoms with Crippen LogP contribution in [0.4, 0.5) is 23.2 Å². The third-order valence-corrected chi connectivity index (χ3v) is 6.08. The number of halogens is 4. The number of carboxylic acids is 1. The van der Waals surface area contributed by atoms with Crippen molar-refractivity contribution in [2.45, 2.75) is 38.9 Å². The van der Waals surface area contributed by atoms with E-state index in [2.05, 4.69) is 20.8 Å². The molecule has 0 bridgehead atoms. The molecule has 39 heavy (non-hydrogen) atoms. The van der Waals surface area contributed by atoms with Crippen LogP contribution in [0.5, 0.6) is 5.88 Å². The molecule has 208 valence electrons. The van der Waals surface area contributed by atoms with Crippen LogP contribution in [0.1, 0.15) is 42.6 Å². The Hall–Kier alpha value is -4.22. The SMILES string of the molecule is CC[C@H](C)[C@@H](COc1ccc(-c2ccc(C(F)(F)F)cc2F)nn1)Nc1ccc(C(=O)NCCC(=O)O)cc1. The number of benzene rings is 2. The lowest BCUT2D eigenvalue weighted by Crippen LogP contribution is -2.33. The molecule has 3 rings (SSSR count). The second-order valence-corrected chi connectivity index (χ2v) is 8.87. The average molecular weight is 549 g/mol. The van der Waals surface area contributed by atoms with E-state index < -0.39 is 23.5 Å². The molecule has 0 radical (unpaired) electrons. The molecule has 3 aromatic rings. The van der Waals surface area contributed by atoms with Gasteiger partial charge in [0.1, 0.15) is 12.4 Å². The number of carbonyl (C=O) groups is 2. The molecule has 0 spiro atoms. The van der Waals surface area contributed by atoms with Crippen molar-refractivity contribution in [1.29, 1.82) is 0 Å². The van der Waals surface area contributed by atoms with Gasteiger partial charge in [-0.15, -0.1) is 10.2 Å². The lowest BCUT2D eigenvalue weighted by molar-refractivity contribution is -0.138. The van der Waals surface area contributed by atoms with Crippen LogP contribution in [0.15, 0.2) is 54.6 Å². The monoisotopic (exact) mass is 548 g/mol. The number of nitrogens with one attached hydrogen (secondary N) is 2. The summed E-state index contributed by atoms with van der Waals surface area (Å²) in [6.45, 7) is 4.30. The number of amides is 1. The molecule has 12 heteroatoms. The molecule has 0 aliphatic rings. The Morgan fingerprint density at radius 3 is 2.33 bits per heavy atom. The molecular weight excluding hydrogens is 520 g/mol. The molecule has 8 nitrogen and oxygen atoms in total. The van der Waals surface area contributed by atoms with Gasteiger partial charge in [-0.3, -0.25) is 9.59 Å². The highest BCUT2D eigenvalue weighted by atomic mass is 19.4. The van der Waals surface area contributed by atoms with Gasteiger partial charge >= 0.3 is 12.1 Å². The van der Waals surface area contributed by atoms with Crippen LogP contribution in [-0.2, 0) is 11.0 Å². The van der Waals surface area contributed by atoms with Crippen LogP contribution in [0.3, 0.4) is 0 Å². The number of nitrogens with zero attached hydrogens (tertiary/aromatic N) is 2. The highest BCUT2D eigenvalue weighted by molar-refractivity contribution is 5.94. The normalized spacial score (nSPS) is 12.9. The molecule has 2 aromatic carbocycles. The molecule has 0 fully saturated rings. The average Bonchev–Trinajstić information content (AvgIpc) is 2.90. The number of ether oxygens (including phenoxy) is 1. The van der Waals surface area contributed by atoms with E-state index in [1.807, 2.05) is 13.8 Å². The molecule has 1 amide bonds. The van der Waals surface area contributed by atoms with E-state index in [9.17, 15) is 27.2 Å². The van der Waals surface area contributed by atoms with Gasteiger partial charge in [-0.1, -0.05) is 20.3 Å². The molecule has 3 N–H and O–H groups in total. The molecule has 1 aromatic heterocycles. The molecular formula is C27H28F4N4O4. The van der Waals surface area contributed by atoms with Gasteiger partial charge in [0.2, 0.25) is 5.88 Å². The summed E-state index contributed by atoms with van der Waals surface area (Å²) in [5.41, 5.74) is -0.00121. The summed E-state index contributed by atoms with van der Waals surface area (Å²) in [5, 5.41) is 22.4. The lowest BCUT2D eigenvalue weighted by Gasteiger charge is -2.25. The van der Waals surface area contributed by atoms with E-state index in [-0.39, 0.29) is 54.6 Å². The van der Waals surface area contributed by atoms with Gasteiger partial charge in [-0.05, 0) is 54.4 Å². The molecule has 0 saturated carbocycles. The fourth-order valence-corrected chi connectivity index (χ4v) is 3.56. The molecule has 0 saturated heterocycles. The molecule has 1 heterocycles. The predicted octanol–water partition coefficient (Wildman–Crippen LogP) is 5.41. The maximum absolute atomic E-state index is 14.3. The number of aromatic nitrogens is 2. The minimum atomic E-state index is -4.65. The van der Waals surface area contributed by atoms with Crippen LogP contribution in [0, 0.1) is 11.7 Å². The Morgan fingerprint density at radius 1 is 1.05 bits per heavy atom.